The second-order valence-electron chi connectivity index (χ2n) is 6.42. The first-order chi connectivity index (χ1) is 10.1. The first-order valence-corrected chi connectivity index (χ1v) is 8.41. The fourth-order valence-electron chi connectivity index (χ4n) is 2.96. The van der Waals surface area contributed by atoms with Crippen molar-refractivity contribution in [1.29, 1.82) is 0 Å². The predicted octanol–water partition coefficient (Wildman–Crippen LogP) is 2.11. The molecule has 2 saturated heterocycles. The average Bonchev–Trinajstić information content (AvgIpc) is 2.52. The molecule has 0 saturated carbocycles. The minimum Gasteiger partial charge on any atom is -0.376 e. The van der Waals surface area contributed by atoms with Crippen LogP contribution in [-0.4, -0.2) is 55.4 Å². The highest BCUT2D eigenvalue weighted by atomic mass is 35.5. The van der Waals surface area contributed by atoms with Gasteiger partial charge in [-0.15, -0.1) is 12.4 Å². The van der Waals surface area contributed by atoms with Gasteiger partial charge in [-0.1, -0.05) is 0 Å². The summed E-state index contributed by atoms with van der Waals surface area (Å²) in [6.45, 7) is 5.16. The third kappa shape index (κ3) is 6.82. The number of hydrogen-bond acceptors (Lipinski definition) is 4. The zero-order valence-corrected chi connectivity index (χ0v) is 14.5. The van der Waals surface area contributed by atoms with Crippen LogP contribution in [0.15, 0.2) is 0 Å². The van der Waals surface area contributed by atoms with Crippen LogP contribution in [0.1, 0.15) is 51.9 Å². The number of hydrogen-bond donors (Lipinski definition) is 1. The number of piperidine rings is 1. The maximum atomic E-state index is 12.0. The van der Waals surface area contributed by atoms with Gasteiger partial charge in [0, 0.05) is 32.2 Å². The lowest BCUT2D eigenvalue weighted by Crippen LogP contribution is -2.42. The maximum absolute atomic E-state index is 12.0. The molecule has 2 heterocycles. The smallest absolute Gasteiger partial charge is 0.222 e. The van der Waals surface area contributed by atoms with Gasteiger partial charge in [0.2, 0.25) is 5.91 Å². The number of rotatable bonds is 6. The Morgan fingerprint density at radius 2 is 2.05 bits per heavy atom. The zero-order chi connectivity index (χ0) is 15.1. The van der Waals surface area contributed by atoms with Gasteiger partial charge in [0.15, 0.2) is 0 Å². The second kappa shape index (κ2) is 10.4. The molecule has 130 valence electrons. The van der Waals surface area contributed by atoms with E-state index in [1.54, 1.807) is 0 Å². The Hall–Kier alpha value is -0.360. The molecule has 0 radical (unpaired) electrons. The van der Waals surface area contributed by atoms with Crippen LogP contribution in [0.4, 0.5) is 0 Å². The third-order valence-corrected chi connectivity index (χ3v) is 4.40. The van der Waals surface area contributed by atoms with Crippen LogP contribution in [0.3, 0.4) is 0 Å². The standard InChI is InChI=1S/C16H30N2O3.ClH/c1-13(17)5-6-16(19)18-9-7-14(8-10-18)21-12-15-4-2-3-11-20-15;/h13-15H,2-12,17H2,1H3;1H. The SMILES string of the molecule is CC(N)CCC(=O)N1CCC(OCC2CCCCO2)CC1.Cl. The van der Waals surface area contributed by atoms with E-state index in [0.29, 0.717) is 13.0 Å². The highest BCUT2D eigenvalue weighted by Crippen LogP contribution is 2.18. The van der Waals surface area contributed by atoms with Crippen LogP contribution >= 0.6 is 12.4 Å². The molecule has 0 aliphatic carbocycles. The van der Waals surface area contributed by atoms with Gasteiger partial charge < -0.3 is 20.1 Å². The lowest BCUT2D eigenvalue weighted by Gasteiger charge is -2.33. The molecule has 2 unspecified atom stereocenters. The molecule has 2 N–H and O–H groups in total. The summed E-state index contributed by atoms with van der Waals surface area (Å²) in [5.74, 6) is 0.237. The van der Waals surface area contributed by atoms with Gasteiger partial charge in [-0.3, -0.25) is 4.79 Å². The number of halogens is 1. The van der Waals surface area contributed by atoms with E-state index >= 15 is 0 Å². The van der Waals surface area contributed by atoms with E-state index in [0.717, 1.165) is 45.4 Å². The molecule has 2 fully saturated rings. The molecule has 2 atom stereocenters. The molecule has 2 aliphatic rings. The van der Waals surface area contributed by atoms with Gasteiger partial charge in [0.1, 0.15) is 0 Å². The van der Waals surface area contributed by atoms with Gasteiger partial charge in [-0.05, 0) is 45.4 Å². The van der Waals surface area contributed by atoms with E-state index in [9.17, 15) is 4.79 Å². The molecule has 0 spiro atoms. The summed E-state index contributed by atoms with van der Waals surface area (Å²) in [6, 6.07) is 0.102. The van der Waals surface area contributed by atoms with Gasteiger partial charge in [0.25, 0.3) is 0 Å². The summed E-state index contributed by atoms with van der Waals surface area (Å²) in [6.07, 6.45) is 7.34. The van der Waals surface area contributed by atoms with E-state index in [4.69, 9.17) is 15.2 Å². The summed E-state index contributed by atoms with van der Waals surface area (Å²) in [5.41, 5.74) is 5.70. The lowest BCUT2D eigenvalue weighted by molar-refractivity contribution is -0.135. The summed E-state index contributed by atoms with van der Waals surface area (Å²) < 4.78 is 11.6. The first-order valence-electron chi connectivity index (χ1n) is 8.41. The number of carbonyl (C=O) groups excluding carboxylic acids is 1. The van der Waals surface area contributed by atoms with Crippen molar-refractivity contribution in [3.63, 3.8) is 0 Å². The number of likely N-dealkylation sites (tertiary alicyclic amines) is 1. The monoisotopic (exact) mass is 334 g/mol. The highest BCUT2D eigenvalue weighted by Gasteiger charge is 2.24. The van der Waals surface area contributed by atoms with Crippen LogP contribution < -0.4 is 5.73 Å². The quantitative estimate of drug-likeness (QED) is 0.808. The third-order valence-electron chi connectivity index (χ3n) is 4.40. The zero-order valence-electron chi connectivity index (χ0n) is 13.7. The predicted molar refractivity (Wildman–Crippen MR) is 89.3 cm³/mol. The molecule has 0 aromatic heterocycles. The Balaban J connectivity index is 0.00000242. The number of nitrogens with zero attached hydrogens (tertiary/aromatic N) is 1. The Morgan fingerprint density at radius 1 is 1.32 bits per heavy atom. The number of ether oxygens (including phenoxy) is 2. The summed E-state index contributed by atoms with van der Waals surface area (Å²) in [7, 11) is 0. The minimum absolute atomic E-state index is 0. The number of carbonyl (C=O) groups is 1. The first kappa shape index (κ1) is 19.7. The van der Waals surface area contributed by atoms with Crippen molar-refractivity contribution in [3.05, 3.63) is 0 Å². The maximum Gasteiger partial charge on any atom is 0.222 e. The largest absolute Gasteiger partial charge is 0.376 e. The van der Waals surface area contributed by atoms with E-state index in [1.165, 1.54) is 12.8 Å². The van der Waals surface area contributed by atoms with Crippen LogP contribution in [0.5, 0.6) is 0 Å². The van der Waals surface area contributed by atoms with Crippen molar-refractivity contribution in [2.75, 3.05) is 26.3 Å². The number of amides is 1. The van der Waals surface area contributed by atoms with E-state index in [2.05, 4.69) is 0 Å². The molecule has 5 nitrogen and oxygen atoms in total. The van der Waals surface area contributed by atoms with E-state index < -0.39 is 0 Å². The van der Waals surface area contributed by atoms with Crippen LogP contribution in [0.2, 0.25) is 0 Å². The molecule has 2 aliphatic heterocycles. The van der Waals surface area contributed by atoms with Gasteiger partial charge in [-0.25, -0.2) is 0 Å². The van der Waals surface area contributed by atoms with Crippen molar-refractivity contribution in [2.45, 2.75) is 70.1 Å². The van der Waals surface area contributed by atoms with Crippen molar-refractivity contribution < 1.29 is 14.3 Å². The van der Waals surface area contributed by atoms with Crippen LogP contribution in [0, 0.1) is 0 Å². The number of nitrogens with two attached hydrogens (primary N) is 1. The molecule has 0 aromatic carbocycles. The molecule has 6 heteroatoms. The van der Waals surface area contributed by atoms with Gasteiger partial charge in [0.05, 0.1) is 18.8 Å². The highest BCUT2D eigenvalue weighted by molar-refractivity contribution is 5.85. The fraction of sp³-hybridized carbons (Fsp3) is 0.938. The molecular formula is C16H31ClN2O3. The van der Waals surface area contributed by atoms with E-state index in [-0.39, 0.29) is 36.6 Å². The molecule has 0 bridgehead atoms. The summed E-state index contributed by atoms with van der Waals surface area (Å²) >= 11 is 0. The molecule has 1 amide bonds. The Bertz CT molecular complexity index is 315. The lowest BCUT2D eigenvalue weighted by atomic mass is 10.1. The van der Waals surface area contributed by atoms with Gasteiger partial charge >= 0.3 is 0 Å². The topological polar surface area (TPSA) is 64.8 Å². The fourth-order valence-corrected chi connectivity index (χ4v) is 2.96. The van der Waals surface area contributed by atoms with Crippen LogP contribution in [-0.2, 0) is 14.3 Å². The van der Waals surface area contributed by atoms with Crippen molar-refractivity contribution >= 4 is 18.3 Å². The van der Waals surface area contributed by atoms with Crippen molar-refractivity contribution in [3.8, 4) is 0 Å². The Morgan fingerprint density at radius 3 is 2.64 bits per heavy atom. The minimum atomic E-state index is 0. The Kier molecular flexibility index (Phi) is 9.33. The normalized spacial score (nSPS) is 24.6. The van der Waals surface area contributed by atoms with Crippen molar-refractivity contribution in [1.82, 2.24) is 4.90 Å². The molecule has 2 rings (SSSR count). The van der Waals surface area contributed by atoms with Crippen LogP contribution in [0.25, 0.3) is 0 Å². The summed E-state index contributed by atoms with van der Waals surface area (Å²) in [5, 5.41) is 0. The van der Waals surface area contributed by atoms with Gasteiger partial charge in [-0.2, -0.15) is 0 Å². The average molecular weight is 335 g/mol. The van der Waals surface area contributed by atoms with E-state index in [1.807, 2.05) is 11.8 Å². The van der Waals surface area contributed by atoms with Crippen molar-refractivity contribution in [2.24, 2.45) is 5.73 Å². The molecule has 22 heavy (non-hydrogen) atoms. The molecular weight excluding hydrogens is 304 g/mol. The summed E-state index contributed by atoms with van der Waals surface area (Å²) in [4.78, 5) is 14.0. The second-order valence-corrected chi connectivity index (χ2v) is 6.42. The molecule has 0 aromatic rings. The Labute approximate surface area is 140 Å².